The number of hydrogen-bond acceptors (Lipinski definition) is 1. The molecule has 0 saturated heterocycles. The molecule has 0 N–H and O–H groups in total. The lowest BCUT2D eigenvalue weighted by molar-refractivity contribution is 0.0549. The number of hydrogen-bond donors (Lipinski definition) is 0. The van der Waals surface area contributed by atoms with Crippen LogP contribution in [0.25, 0.3) is 0 Å². The van der Waals surface area contributed by atoms with Gasteiger partial charge in [0.15, 0.2) is 0 Å². The second-order valence-corrected chi connectivity index (χ2v) is 4.99. The number of halogens is 2. The maximum Gasteiger partial charge on any atom is 0.0810 e. The number of fused-ring (bicyclic) bond motifs is 1. The van der Waals surface area contributed by atoms with E-state index in [1.165, 1.54) is 11.1 Å². The molecule has 0 spiro atoms. The smallest absolute Gasteiger partial charge is 0.0810 e. The van der Waals surface area contributed by atoms with Gasteiger partial charge in [-0.25, -0.2) is 0 Å². The predicted molar refractivity (Wildman–Crippen MR) is 59.9 cm³/mol. The monoisotopic (exact) mass is 304 g/mol. The fourth-order valence-electron chi connectivity index (χ4n) is 1.73. The van der Waals surface area contributed by atoms with Crippen molar-refractivity contribution >= 4 is 31.9 Å². The third-order valence-corrected chi connectivity index (χ3v) is 3.44. The van der Waals surface area contributed by atoms with Crippen LogP contribution in [0.1, 0.15) is 24.2 Å². The lowest BCUT2D eigenvalue weighted by Crippen LogP contribution is -2.14. The van der Waals surface area contributed by atoms with Crippen molar-refractivity contribution in [2.75, 3.05) is 6.61 Å². The third-order valence-electron chi connectivity index (χ3n) is 2.33. The fourth-order valence-corrected chi connectivity index (χ4v) is 3.37. The first-order valence-electron chi connectivity index (χ1n) is 4.28. The average Bonchev–Trinajstić information content (AvgIpc) is 2.02. The summed E-state index contributed by atoms with van der Waals surface area (Å²) in [6.07, 6.45) is 1.23. The molecule has 0 saturated carbocycles. The molecule has 1 atom stereocenters. The number of rotatable bonds is 0. The molecular weight excluding hydrogens is 296 g/mol. The topological polar surface area (TPSA) is 9.23 Å². The van der Waals surface area contributed by atoms with Crippen LogP contribution in [0.4, 0.5) is 0 Å². The van der Waals surface area contributed by atoms with E-state index in [9.17, 15) is 0 Å². The van der Waals surface area contributed by atoms with E-state index in [0.717, 1.165) is 22.0 Å². The molecule has 1 aliphatic heterocycles. The maximum atomic E-state index is 5.58. The van der Waals surface area contributed by atoms with Gasteiger partial charge in [0.25, 0.3) is 0 Å². The van der Waals surface area contributed by atoms with Crippen molar-refractivity contribution in [2.45, 2.75) is 19.4 Å². The van der Waals surface area contributed by atoms with Crippen LogP contribution in [-0.4, -0.2) is 6.61 Å². The molecule has 70 valence electrons. The van der Waals surface area contributed by atoms with Crippen LogP contribution >= 0.6 is 31.9 Å². The molecule has 0 amide bonds. The summed E-state index contributed by atoms with van der Waals surface area (Å²) in [5, 5.41) is 0. The maximum absolute atomic E-state index is 5.58. The highest BCUT2D eigenvalue weighted by atomic mass is 79.9. The van der Waals surface area contributed by atoms with Gasteiger partial charge < -0.3 is 4.74 Å². The van der Waals surface area contributed by atoms with Gasteiger partial charge in [-0.2, -0.15) is 0 Å². The van der Waals surface area contributed by atoms with Crippen molar-refractivity contribution in [2.24, 2.45) is 0 Å². The minimum atomic E-state index is 0.214. The SMILES string of the molecule is CC1OCCc2cc(Br)cc(Br)c21. The first kappa shape index (κ1) is 9.69. The van der Waals surface area contributed by atoms with Crippen molar-refractivity contribution in [1.29, 1.82) is 0 Å². The van der Waals surface area contributed by atoms with Crippen molar-refractivity contribution in [3.63, 3.8) is 0 Å². The van der Waals surface area contributed by atoms with E-state index < -0.39 is 0 Å². The average molecular weight is 306 g/mol. The van der Waals surface area contributed by atoms with Gasteiger partial charge in [-0.05, 0) is 36.6 Å². The summed E-state index contributed by atoms with van der Waals surface area (Å²) < 4.78 is 7.85. The summed E-state index contributed by atoms with van der Waals surface area (Å²) in [5.41, 5.74) is 2.69. The molecule has 0 aliphatic carbocycles. The Bertz CT molecular complexity index is 336. The van der Waals surface area contributed by atoms with Crippen molar-refractivity contribution in [3.8, 4) is 0 Å². The van der Waals surface area contributed by atoms with E-state index in [4.69, 9.17) is 4.74 Å². The highest BCUT2D eigenvalue weighted by Gasteiger charge is 2.19. The Morgan fingerprint density at radius 2 is 2.15 bits per heavy atom. The second kappa shape index (κ2) is 3.71. The first-order valence-corrected chi connectivity index (χ1v) is 5.86. The van der Waals surface area contributed by atoms with Gasteiger partial charge in [-0.15, -0.1) is 0 Å². The second-order valence-electron chi connectivity index (χ2n) is 3.22. The molecule has 1 unspecified atom stereocenters. The molecule has 2 rings (SSSR count). The molecule has 0 bridgehead atoms. The number of ether oxygens (including phenoxy) is 1. The Kier molecular flexibility index (Phi) is 2.77. The van der Waals surface area contributed by atoms with Crippen molar-refractivity contribution in [3.05, 3.63) is 32.2 Å². The van der Waals surface area contributed by atoms with Gasteiger partial charge >= 0.3 is 0 Å². The van der Waals surface area contributed by atoms with E-state index in [0.29, 0.717) is 0 Å². The lowest BCUT2D eigenvalue weighted by atomic mass is 9.99. The summed E-state index contributed by atoms with van der Waals surface area (Å²) in [7, 11) is 0. The van der Waals surface area contributed by atoms with Crippen LogP contribution in [0.15, 0.2) is 21.1 Å². The lowest BCUT2D eigenvalue weighted by Gasteiger charge is -2.24. The zero-order valence-corrected chi connectivity index (χ0v) is 10.5. The largest absolute Gasteiger partial charge is 0.373 e. The van der Waals surface area contributed by atoms with E-state index in [1.807, 2.05) is 0 Å². The van der Waals surface area contributed by atoms with Gasteiger partial charge in [0, 0.05) is 8.95 Å². The molecule has 0 aromatic heterocycles. The zero-order valence-electron chi connectivity index (χ0n) is 7.31. The summed E-state index contributed by atoms with van der Waals surface area (Å²) in [6, 6.07) is 4.25. The van der Waals surface area contributed by atoms with Gasteiger partial charge in [-0.1, -0.05) is 31.9 Å². The van der Waals surface area contributed by atoms with Crippen LogP contribution in [0, 0.1) is 0 Å². The van der Waals surface area contributed by atoms with Gasteiger partial charge in [0.1, 0.15) is 0 Å². The Morgan fingerprint density at radius 3 is 2.92 bits per heavy atom. The molecule has 1 aromatic carbocycles. The van der Waals surface area contributed by atoms with Gasteiger partial charge in [0.05, 0.1) is 12.7 Å². The zero-order chi connectivity index (χ0) is 9.42. The molecule has 1 heterocycles. The van der Waals surface area contributed by atoms with Crippen molar-refractivity contribution in [1.82, 2.24) is 0 Å². The summed E-state index contributed by atoms with van der Waals surface area (Å²) in [5.74, 6) is 0. The molecule has 1 aromatic rings. The van der Waals surface area contributed by atoms with Crippen LogP contribution in [0.3, 0.4) is 0 Å². The van der Waals surface area contributed by atoms with E-state index >= 15 is 0 Å². The van der Waals surface area contributed by atoms with Crippen molar-refractivity contribution < 1.29 is 4.74 Å². The van der Waals surface area contributed by atoms with E-state index in [-0.39, 0.29) is 6.10 Å². The summed E-state index contributed by atoms with van der Waals surface area (Å²) in [4.78, 5) is 0. The molecule has 0 radical (unpaired) electrons. The Balaban J connectivity index is 2.56. The minimum Gasteiger partial charge on any atom is -0.373 e. The van der Waals surface area contributed by atoms with Gasteiger partial charge in [0.2, 0.25) is 0 Å². The Morgan fingerprint density at radius 1 is 1.38 bits per heavy atom. The van der Waals surface area contributed by atoms with Crippen LogP contribution < -0.4 is 0 Å². The molecule has 3 heteroatoms. The van der Waals surface area contributed by atoms with Crippen LogP contribution in [0.5, 0.6) is 0 Å². The highest BCUT2D eigenvalue weighted by molar-refractivity contribution is 9.11. The van der Waals surface area contributed by atoms with E-state index in [1.54, 1.807) is 0 Å². The minimum absolute atomic E-state index is 0.214. The van der Waals surface area contributed by atoms with Crippen LogP contribution in [0.2, 0.25) is 0 Å². The Labute approximate surface area is 94.7 Å². The summed E-state index contributed by atoms with van der Waals surface area (Å²) in [6.45, 7) is 2.92. The standard InChI is InChI=1S/C10H10Br2O/c1-6-10-7(2-3-13-6)4-8(11)5-9(10)12/h4-6H,2-3H2,1H3. The molecule has 1 nitrogen and oxygen atoms in total. The number of benzene rings is 1. The quantitative estimate of drug-likeness (QED) is 0.707. The first-order chi connectivity index (χ1) is 6.18. The van der Waals surface area contributed by atoms with Gasteiger partial charge in [-0.3, -0.25) is 0 Å². The van der Waals surface area contributed by atoms with E-state index in [2.05, 4.69) is 50.9 Å². The third kappa shape index (κ3) is 1.83. The fraction of sp³-hybridized carbons (Fsp3) is 0.400. The van der Waals surface area contributed by atoms with Crippen LogP contribution in [-0.2, 0) is 11.2 Å². The molecule has 0 fully saturated rings. The normalized spacial score (nSPS) is 21.3. The Hall–Kier alpha value is 0.140. The summed E-state index contributed by atoms with van der Waals surface area (Å²) >= 11 is 7.05. The molecule has 13 heavy (non-hydrogen) atoms. The predicted octanol–water partition coefficient (Wildman–Crippen LogP) is 3.85. The highest BCUT2D eigenvalue weighted by Crippen LogP contribution is 2.35. The molecular formula is C10H10Br2O. The molecule has 1 aliphatic rings.